The summed E-state index contributed by atoms with van der Waals surface area (Å²) in [6.07, 6.45) is 1.61. The maximum atomic E-state index is 11.6. The van der Waals surface area contributed by atoms with Gasteiger partial charge in [-0.05, 0) is 17.8 Å². The molecule has 0 aromatic carbocycles. The van der Waals surface area contributed by atoms with Crippen molar-refractivity contribution in [2.24, 2.45) is 11.3 Å². The standard InChI is InChI=1S/C13H27NO3/c1-11(10-13(2,3)4)9-12(16)14-5-7-17-8-6-15/h11,15H,5-10H2,1-4H3,(H,14,16). The highest BCUT2D eigenvalue weighted by molar-refractivity contribution is 5.76. The van der Waals surface area contributed by atoms with Crippen LogP contribution >= 0.6 is 0 Å². The third kappa shape index (κ3) is 11.6. The molecule has 0 aliphatic carbocycles. The number of amides is 1. The Kier molecular flexibility index (Phi) is 8.17. The maximum Gasteiger partial charge on any atom is 0.220 e. The van der Waals surface area contributed by atoms with Gasteiger partial charge in [0.15, 0.2) is 0 Å². The van der Waals surface area contributed by atoms with Crippen LogP contribution in [0.3, 0.4) is 0 Å². The minimum atomic E-state index is 0.0244. The van der Waals surface area contributed by atoms with Gasteiger partial charge in [-0.2, -0.15) is 0 Å². The molecule has 4 heteroatoms. The van der Waals surface area contributed by atoms with Crippen molar-refractivity contribution < 1.29 is 14.6 Å². The molecule has 1 atom stereocenters. The molecule has 0 aliphatic heterocycles. The lowest BCUT2D eigenvalue weighted by Gasteiger charge is -2.22. The lowest BCUT2D eigenvalue weighted by molar-refractivity contribution is -0.122. The van der Waals surface area contributed by atoms with Crippen LogP contribution in [0.2, 0.25) is 0 Å². The molecule has 17 heavy (non-hydrogen) atoms. The zero-order chi connectivity index (χ0) is 13.3. The Balaban J connectivity index is 3.58. The molecule has 1 unspecified atom stereocenters. The van der Waals surface area contributed by atoms with Crippen LogP contribution < -0.4 is 5.32 Å². The van der Waals surface area contributed by atoms with Gasteiger partial charge in [0.05, 0.1) is 19.8 Å². The molecule has 0 fully saturated rings. The Morgan fingerprint density at radius 2 is 2.00 bits per heavy atom. The Bertz CT molecular complexity index is 211. The number of rotatable bonds is 8. The van der Waals surface area contributed by atoms with Gasteiger partial charge >= 0.3 is 0 Å². The molecule has 0 heterocycles. The molecule has 2 N–H and O–H groups in total. The van der Waals surface area contributed by atoms with Crippen molar-refractivity contribution in [2.45, 2.75) is 40.5 Å². The van der Waals surface area contributed by atoms with E-state index in [1.54, 1.807) is 0 Å². The zero-order valence-corrected chi connectivity index (χ0v) is 11.6. The van der Waals surface area contributed by atoms with Gasteiger partial charge in [0.25, 0.3) is 0 Å². The SMILES string of the molecule is CC(CC(=O)NCCOCCO)CC(C)(C)C. The van der Waals surface area contributed by atoms with Crippen molar-refractivity contribution in [3.8, 4) is 0 Å². The molecule has 0 spiro atoms. The maximum absolute atomic E-state index is 11.6. The second kappa shape index (κ2) is 8.48. The van der Waals surface area contributed by atoms with Crippen molar-refractivity contribution in [3.63, 3.8) is 0 Å². The van der Waals surface area contributed by atoms with Gasteiger partial charge in [0.2, 0.25) is 5.91 Å². The van der Waals surface area contributed by atoms with E-state index in [2.05, 4.69) is 33.0 Å². The summed E-state index contributed by atoms with van der Waals surface area (Å²) in [5, 5.41) is 11.3. The summed E-state index contributed by atoms with van der Waals surface area (Å²) in [4.78, 5) is 11.6. The normalized spacial score (nSPS) is 13.5. The van der Waals surface area contributed by atoms with Gasteiger partial charge in [0, 0.05) is 13.0 Å². The van der Waals surface area contributed by atoms with E-state index in [9.17, 15) is 4.79 Å². The van der Waals surface area contributed by atoms with Crippen molar-refractivity contribution in [2.75, 3.05) is 26.4 Å². The molecule has 0 aliphatic rings. The molecule has 0 aromatic rings. The number of carbonyl (C=O) groups is 1. The largest absolute Gasteiger partial charge is 0.394 e. The molecule has 102 valence electrons. The average Bonchev–Trinajstić information content (AvgIpc) is 2.14. The molecule has 0 saturated heterocycles. The number of hydrogen-bond acceptors (Lipinski definition) is 3. The van der Waals surface area contributed by atoms with Gasteiger partial charge in [0.1, 0.15) is 0 Å². The Hall–Kier alpha value is -0.610. The number of nitrogens with one attached hydrogen (secondary N) is 1. The number of hydrogen-bond donors (Lipinski definition) is 2. The molecule has 1 amide bonds. The van der Waals surface area contributed by atoms with Gasteiger partial charge in [-0.3, -0.25) is 4.79 Å². The first kappa shape index (κ1) is 16.4. The average molecular weight is 245 g/mol. The van der Waals surface area contributed by atoms with E-state index in [0.717, 1.165) is 6.42 Å². The first-order valence-electron chi connectivity index (χ1n) is 6.30. The van der Waals surface area contributed by atoms with E-state index < -0.39 is 0 Å². The van der Waals surface area contributed by atoms with Crippen LogP contribution in [0, 0.1) is 11.3 Å². The number of aliphatic hydroxyl groups excluding tert-OH is 1. The van der Waals surface area contributed by atoms with Crippen LogP contribution in [0.1, 0.15) is 40.5 Å². The third-order valence-corrected chi connectivity index (χ3v) is 2.30. The van der Waals surface area contributed by atoms with Gasteiger partial charge in [-0.1, -0.05) is 27.7 Å². The van der Waals surface area contributed by atoms with Crippen molar-refractivity contribution in [1.29, 1.82) is 0 Å². The van der Waals surface area contributed by atoms with Crippen LogP contribution in [0.5, 0.6) is 0 Å². The van der Waals surface area contributed by atoms with E-state index in [0.29, 0.717) is 32.1 Å². The van der Waals surface area contributed by atoms with E-state index >= 15 is 0 Å². The van der Waals surface area contributed by atoms with Crippen molar-refractivity contribution >= 4 is 5.91 Å². The summed E-state index contributed by atoms with van der Waals surface area (Å²) >= 11 is 0. The molecule has 0 radical (unpaired) electrons. The van der Waals surface area contributed by atoms with Crippen LogP contribution in [-0.4, -0.2) is 37.4 Å². The summed E-state index contributed by atoms with van der Waals surface area (Å²) in [6, 6.07) is 0. The second-order valence-electron chi connectivity index (χ2n) is 5.76. The highest BCUT2D eigenvalue weighted by Crippen LogP contribution is 2.25. The van der Waals surface area contributed by atoms with Gasteiger partial charge in [-0.15, -0.1) is 0 Å². The second-order valence-corrected chi connectivity index (χ2v) is 5.76. The highest BCUT2D eigenvalue weighted by Gasteiger charge is 2.17. The summed E-state index contributed by atoms with van der Waals surface area (Å²) in [5.41, 5.74) is 0.268. The van der Waals surface area contributed by atoms with Crippen molar-refractivity contribution in [3.05, 3.63) is 0 Å². The zero-order valence-electron chi connectivity index (χ0n) is 11.6. The Morgan fingerprint density at radius 1 is 1.35 bits per heavy atom. The molecule has 0 rings (SSSR count). The topological polar surface area (TPSA) is 58.6 Å². The van der Waals surface area contributed by atoms with Crippen LogP contribution in [0.15, 0.2) is 0 Å². The molecule has 0 saturated carbocycles. The summed E-state index contributed by atoms with van der Waals surface area (Å²) in [6.45, 7) is 9.99. The highest BCUT2D eigenvalue weighted by atomic mass is 16.5. The van der Waals surface area contributed by atoms with Gasteiger partial charge < -0.3 is 15.2 Å². The number of carbonyl (C=O) groups excluding carboxylic acids is 1. The first-order valence-corrected chi connectivity index (χ1v) is 6.30. The summed E-state index contributed by atoms with van der Waals surface area (Å²) < 4.78 is 5.05. The molecular formula is C13H27NO3. The van der Waals surface area contributed by atoms with E-state index in [1.165, 1.54) is 0 Å². The molecule has 0 aromatic heterocycles. The minimum absolute atomic E-state index is 0.0244. The fraction of sp³-hybridized carbons (Fsp3) is 0.923. The van der Waals surface area contributed by atoms with E-state index in [4.69, 9.17) is 9.84 Å². The van der Waals surface area contributed by atoms with Crippen LogP contribution in [-0.2, 0) is 9.53 Å². The van der Waals surface area contributed by atoms with Crippen LogP contribution in [0.4, 0.5) is 0 Å². The Labute approximate surface area is 105 Å². The lowest BCUT2D eigenvalue weighted by atomic mass is 9.84. The predicted molar refractivity (Wildman–Crippen MR) is 68.8 cm³/mol. The Morgan fingerprint density at radius 3 is 2.53 bits per heavy atom. The fourth-order valence-corrected chi connectivity index (χ4v) is 1.94. The van der Waals surface area contributed by atoms with Crippen molar-refractivity contribution in [1.82, 2.24) is 5.32 Å². The quantitative estimate of drug-likeness (QED) is 0.638. The monoisotopic (exact) mass is 245 g/mol. The smallest absolute Gasteiger partial charge is 0.220 e. The van der Waals surface area contributed by atoms with E-state index in [1.807, 2.05) is 0 Å². The van der Waals surface area contributed by atoms with E-state index in [-0.39, 0.29) is 17.9 Å². The summed E-state index contributed by atoms with van der Waals surface area (Å²) in [7, 11) is 0. The molecule has 0 bridgehead atoms. The molecule has 4 nitrogen and oxygen atoms in total. The van der Waals surface area contributed by atoms with Crippen LogP contribution in [0.25, 0.3) is 0 Å². The number of ether oxygens (including phenoxy) is 1. The first-order chi connectivity index (χ1) is 7.85. The van der Waals surface area contributed by atoms with Gasteiger partial charge in [-0.25, -0.2) is 0 Å². The minimum Gasteiger partial charge on any atom is -0.394 e. The number of aliphatic hydroxyl groups is 1. The molecular weight excluding hydrogens is 218 g/mol. The summed E-state index contributed by atoms with van der Waals surface area (Å²) in [5.74, 6) is 0.475. The predicted octanol–water partition coefficient (Wildman–Crippen LogP) is 1.57. The fourth-order valence-electron chi connectivity index (χ4n) is 1.94. The lowest BCUT2D eigenvalue weighted by Crippen LogP contribution is -2.29. The third-order valence-electron chi connectivity index (χ3n) is 2.30.